The Kier molecular flexibility index (Phi) is 6.65. The van der Waals surface area contributed by atoms with Crippen molar-refractivity contribution in [3.63, 3.8) is 0 Å². The third-order valence-electron chi connectivity index (χ3n) is 8.95. The summed E-state index contributed by atoms with van der Waals surface area (Å²) in [6, 6.07) is 21.6. The topological polar surface area (TPSA) is 85.5 Å². The van der Waals surface area contributed by atoms with E-state index in [4.69, 9.17) is 0 Å². The number of hydrogen-bond donors (Lipinski definition) is 2. The van der Waals surface area contributed by atoms with Gasteiger partial charge in [0.2, 0.25) is 0 Å². The number of H-pyrrole nitrogens is 1. The highest BCUT2D eigenvalue weighted by atomic mass is 16.2. The molecule has 7 rings (SSSR count). The van der Waals surface area contributed by atoms with E-state index < -0.39 is 18.1 Å². The van der Waals surface area contributed by atoms with Crippen LogP contribution in [0.5, 0.6) is 0 Å². The first kappa shape index (κ1) is 26.3. The number of nitrogens with one attached hydrogen (secondary N) is 2. The molecule has 2 atom stereocenters. The molecule has 4 amide bonds. The van der Waals surface area contributed by atoms with Gasteiger partial charge in [0.15, 0.2) is 0 Å². The maximum atomic E-state index is 14.3. The number of hydrogen-bond acceptors (Lipinski definition) is 3. The first-order valence-electron chi connectivity index (χ1n) is 14.9. The molecule has 2 aliphatic heterocycles. The molecular formula is C35H34N4O3. The van der Waals surface area contributed by atoms with Crippen molar-refractivity contribution in [2.45, 2.75) is 57.5 Å². The number of carbonyl (C=O) groups excluding carboxylic acids is 3. The molecule has 3 heterocycles. The molecule has 1 aromatic heterocycles. The maximum Gasteiger partial charge on any atom is 0.332 e. The fourth-order valence-corrected chi connectivity index (χ4v) is 6.82. The van der Waals surface area contributed by atoms with Gasteiger partial charge in [-0.15, -0.1) is 0 Å². The van der Waals surface area contributed by atoms with Gasteiger partial charge < -0.3 is 10.3 Å². The van der Waals surface area contributed by atoms with Gasteiger partial charge >= 0.3 is 6.03 Å². The van der Waals surface area contributed by atoms with E-state index in [0.717, 1.165) is 52.5 Å². The monoisotopic (exact) mass is 558 g/mol. The van der Waals surface area contributed by atoms with E-state index in [-0.39, 0.29) is 11.8 Å². The van der Waals surface area contributed by atoms with E-state index in [2.05, 4.69) is 22.4 Å². The SMILES string of the molecule is Cc1ccc(C2c3[nH]c4ccccc4c3C[C@H]3C(=O)N(c4ccccc4C(=O)NCCC4=CCCCC4)C(=O)N23)cc1. The number of aryl methyl sites for hydroxylation is 1. The number of nitrogens with zero attached hydrogens (tertiary/aromatic N) is 2. The lowest BCUT2D eigenvalue weighted by Crippen LogP contribution is -2.44. The fraction of sp³-hybridized carbons (Fsp3) is 0.286. The normalized spacial score (nSPS) is 20.0. The number of benzene rings is 3. The number of aromatic amines is 1. The zero-order chi connectivity index (χ0) is 28.8. The van der Waals surface area contributed by atoms with Gasteiger partial charge in [-0.3, -0.25) is 14.5 Å². The van der Waals surface area contributed by atoms with Crippen LogP contribution >= 0.6 is 0 Å². The van der Waals surface area contributed by atoms with Crippen molar-refractivity contribution in [3.05, 3.63) is 112 Å². The molecule has 3 aliphatic rings. The zero-order valence-corrected chi connectivity index (χ0v) is 23.7. The molecule has 1 unspecified atom stereocenters. The summed E-state index contributed by atoms with van der Waals surface area (Å²) in [5.74, 6) is -0.584. The highest BCUT2D eigenvalue weighted by Crippen LogP contribution is 2.45. The molecule has 1 saturated heterocycles. The molecule has 0 spiro atoms. The summed E-state index contributed by atoms with van der Waals surface area (Å²) in [6.45, 7) is 2.55. The Morgan fingerprint density at radius 2 is 1.76 bits per heavy atom. The molecule has 3 aromatic carbocycles. The summed E-state index contributed by atoms with van der Waals surface area (Å²) in [5, 5.41) is 4.09. The average Bonchev–Trinajstić information content (AvgIpc) is 3.51. The predicted molar refractivity (Wildman–Crippen MR) is 163 cm³/mol. The van der Waals surface area contributed by atoms with Crippen LogP contribution in [-0.2, 0) is 11.2 Å². The van der Waals surface area contributed by atoms with E-state index in [9.17, 15) is 14.4 Å². The minimum atomic E-state index is -0.676. The Bertz CT molecular complexity index is 1730. The largest absolute Gasteiger partial charge is 0.356 e. The molecular weight excluding hydrogens is 524 g/mol. The Hall–Kier alpha value is -4.65. The highest BCUT2D eigenvalue weighted by molar-refractivity contribution is 6.24. The van der Waals surface area contributed by atoms with Crippen molar-refractivity contribution in [1.29, 1.82) is 0 Å². The fourth-order valence-electron chi connectivity index (χ4n) is 6.82. The van der Waals surface area contributed by atoms with Crippen molar-refractivity contribution in [2.75, 3.05) is 11.4 Å². The van der Waals surface area contributed by atoms with Crippen LogP contribution in [0.4, 0.5) is 10.5 Å². The first-order valence-corrected chi connectivity index (χ1v) is 14.9. The molecule has 4 aromatic rings. The number of amides is 4. The average molecular weight is 559 g/mol. The molecule has 0 saturated carbocycles. The van der Waals surface area contributed by atoms with Crippen molar-refractivity contribution in [2.24, 2.45) is 0 Å². The number of carbonyl (C=O) groups is 3. The van der Waals surface area contributed by atoms with Crippen LogP contribution in [0.2, 0.25) is 0 Å². The Labute approximate surface area is 245 Å². The standard InChI is InChI=1S/C35H34N4O3/c1-22-15-17-24(18-16-22)32-31-27(25-11-5-7-13-28(25)37-31)21-30-34(41)39(35(42)38(30)32)29-14-8-6-12-26(29)33(40)36-20-19-23-9-3-2-4-10-23/h5-9,11-18,30,32,37H,2-4,10,19-21H2,1H3,(H,36,40)/t30-,32?/m0/s1. The summed E-state index contributed by atoms with van der Waals surface area (Å²) >= 11 is 0. The lowest BCUT2D eigenvalue weighted by molar-refractivity contribution is -0.120. The lowest BCUT2D eigenvalue weighted by atomic mass is 9.88. The zero-order valence-electron chi connectivity index (χ0n) is 23.7. The third-order valence-corrected chi connectivity index (χ3v) is 8.95. The van der Waals surface area contributed by atoms with Crippen molar-refractivity contribution < 1.29 is 14.4 Å². The summed E-state index contributed by atoms with van der Waals surface area (Å²) in [4.78, 5) is 48.3. The number of fused-ring (bicyclic) bond motifs is 4. The molecule has 7 nitrogen and oxygen atoms in total. The first-order chi connectivity index (χ1) is 20.5. The number of aromatic nitrogens is 1. The molecule has 0 bridgehead atoms. The van der Waals surface area contributed by atoms with E-state index in [0.29, 0.717) is 24.2 Å². The van der Waals surface area contributed by atoms with E-state index >= 15 is 0 Å². The van der Waals surface area contributed by atoms with Gasteiger partial charge in [-0.05, 0) is 68.4 Å². The molecule has 0 radical (unpaired) electrons. The summed E-state index contributed by atoms with van der Waals surface area (Å²) < 4.78 is 0. The summed E-state index contributed by atoms with van der Waals surface area (Å²) in [6.07, 6.45) is 8.12. The highest BCUT2D eigenvalue weighted by Gasteiger charge is 2.53. The quantitative estimate of drug-likeness (QED) is 0.207. The summed E-state index contributed by atoms with van der Waals surface area (Å²) in [5.41, 5.74) is 7.07. The Morgan fingerprint density at radius 3 is 2.57 bits per heavy atom. The second-order valence-corrected chi connectivity index (χ2v) is 11.6. The molecule has 1 fully saturated rings. The van der Waals surface area contributed by atoms with Crippen LogP contribution in [0.1, 0.15) is 70.9 Å². The van der Waals surface area contributed by atoms with Gasteiger partial charge in [0.25, 0.3) is 11.8 Å². The van der Waals surface area contributed by atoms with Crippen LogP contribution < -0.4 is 10.2 Å². The van der Waals surface area contributed by atoms with E-state index in [1.54, 1.807) is 29.2 Å². The van der Waals surface area contributed by atoms with Crippen LogP contribution in [0.3, 0.4) is 0 Å². The van der Waals surface area contributed by atoms with Crippen LogP contribution in [0.25, 0.3) is 10.9 Å². The molecule has 7 heteroatoms. The van der Waals surface area contributed by atoms with Gasteiger partial charge in [-0.25, -0.2) is 9.69 Å². The second kappa shape index (κ2) is 10.6. The smallest absolute Gasteiger partial charge is 0.332 e. The van der Waals surface area contributed by atoms with Crippen LogP contribution in [0, 0.1) is 6.92 Å². The maximum absolute atomic E-state index is 14.3. The van der Waals surface area contributed by atoms with Gasteiger partial charge in [0.1, 0.15) is 12.1 Å². The Morgan fingerprint density at radius 1 is 0.976 bits per heavy atom. The minimum Gasteiger partial charge on any atom is -0.356 e. The molecule has 42 heavy (non-hydrogen) atoms. The van der Waals surface area contributed by atoms with Crippen molar-refractivity contribution in [3.8, 4) is 0 Å². The number of anilines is 1. The number of allylic oxidation sites excluding steroid dienone is 1. The van der Waals surface area contributed by atoms with Gasteiger partial charge in [0, 0.05) is 29.6 Å². The van der Waals surface area contributed by atoms with Crippen molar-refractivity contribution >= 4 is 34.4 Å². The van der Waals surface area contributed by atoms with Crippen LogP contribution in [-0.4, -0.2) is 40.3 Å². The Balaban J connectivity index is 1.24. The number of urea groups is 1. The number of para-hydroxylation sites is 2. The third kappa shape index (κ3) is 4.40. The van der Waals surface area contributed by atoms with Gasteiger partial charge in [0.05, 0.1) is 11.3 Å². The predicted octanol–water partition coefficient (Wildman–Crippen LogP) is 6.58. The molecule has 1 aliphatic carbocycles. The van der Waals surface area contributed by atoms with Crippen molar-refractivity contribution in [1.82, 2.24) is 15.2 Å². The van der Waals surface area contributed by atoms with Crippen LogP contribution in [0.15, 0.2) is 84.4 Å². The summed E-state index contributed by atoms with van der Waals surface area (Å²) in [7, 11) is 0. The number of rotatable bonds is 6. The minimum absolute atomic E-state index is 0.279. The van der Waals surface area contributed by atoms with E-state index in [1.807, 2.05) is 49.4 Å². The lowest BCUT2D eigenvalue weighted by Gasteiger charge is -2.36. The van der Waals surface area contributed by atoms with Gasteiger partial charge in [-0.1, -0.05) is 71.8 Å². The van der Waals surface area contributed by atoms with Gasteiger partial charge in [-0.2, -0.15) is 0 Å². The van der Waals surface area contributed by atoms with E-state index in [1.165, 1.54) is 23.3 Å². The number of imide groups is 1. The molecule has 212 valence electrons. The second-order valence-electron chi connectivity index (χ2n) is 11.6. The molecule has 2 N–H and O–H groups in total.